The lowest BCUT2D eigenvalue weighted by atomic mass is 9.85. The lowest BCUT2D eigenvalue weighted by Crippen LogP contribution is -2.69. The van der Waals surface area contributed by atoms with Gasteiger partial charge >= 0.3 is 0 Å². The summed E-state index contributed by atoms with van der Waals surface area (Å²) in [6, 6.07) is 0. The number of hydrogen-bond donors (Lipinski definition) is 1. The van der Waals surface area contributed by atoms with Crippen LogP contribution in [-0.4, -0.2) is 43.3 Å². The first-order chi connectivity index (χ1) is 6.14. The summed E-state index contributed by atoms with van der Waals surface area (Å²) in [7, 11) is 1.76. The second kappa shape index (κ2) is 3.23. The van der Waals surface area contributed by atoms with Gasteiger partial charge in [-0.15, -0.1) is 0 Å². The quantitative estimate of drug-likeness (QED) is 0.689. The predicted molar refractivity (Wildman–Crippen MR) is 52.6 cm³/mol. The minimum absolute atomic E-state index is 0.160. The van der Waals surface area contributed by atoms with Gasteiger partial charge in [-0.2, -0.15) is 0 Å². The van der Waals surface area contributed by atoms with Gasteiger partial charge in [0.15, 0.2) is 0 Å². The fourth-order valence-corrected chi connectivity index (χ4v) is 2.27. The molecule has 0 bridgehead atoms. The molecule has 1 saturated heterocycles. The Morgan fingerprint density at radius 1 is 1.54 bits per heavy atom. The topological polar surface area (TPSA) is 38.5 Å². The molecule has 0 aromatic rings. The molecule has 0 aromatic carbocycles. The van der Waals surface area contributed by atoms with E-state index in [-0.39, 0.29) is 5.54 Å². The van der Waals surface area contributed by atoms with Crippen molar-refractivity contribution in [2.75, 3.05) is 26.7 Å². The van der Waals surface area contributed by atoms with Gasteiger partial charge in [0.05, 0.1) is 6.10 Å². The largest absolute Gasteiger partial charge is 0.380 e. The van der Waals surface area contributed by atoms with Crippen LogP contribution in [0.4, 0.5) is 0 Å². The SMILES string of the molecule is COC(C)CN1CC(N)(C2CC2)C1. The zero-order valence-electron chi connectivity index (χ0n) is 8.62. The van der Waals surface area contributed by atoms with Gasteiger partial charge < -0.3 is 10.5 Å². The zero-order valence-corrected chi connectivity index (χ0v) is 8.62. The molecule has 0 radical (unpaired) electrons. The van der Waals surface area contributed by atoms with Crippen LogP contribution in [0, 0.1) is 5.92 Å². The highest BCUT2D eigenvalue weighted by molar-refractivity contribution is 5.09. The van der Waals surface area contributed by atoms with Crippen LogP contribution >= 0.6 is 0 Å². The van der Waals surface area contributed by atoms with E-state index in [1.807, 2.05) is 0 Å². The van der Waals surface area contributed by atoms with Crippen molar-refractivity contribution in [1.82, 2.24) is 4.90 Å². The Balaban J connectivity index is 1.71. The Bertz CT molecular complexity index is 185. The van der Waals surface area contributed by atoms with E-state index in [0.717, 1.165) is 25.6 Å². The van der Waals surface area contributed by atoms with E-state index >= 15 is 0 Å². The Labute approximate surface area is 80.2 Å². The summed E-state index contributed by atoms with van der Waals surface area (Å²) in [5, 5.41) is 0. The molecule has 13 heavy (non-hydrogen) atoms. The number of hydrogen-bond acceptors (Lipinski definition) is 3. The van der Waals surface area contributed by atoms with Crippen LogP contribution in [0.25, 0.3) is 0 Å². The summed E-state index contributed by atoms with van der Waals surface area (Å²) in [6.07, 6.45) is 3.04. The molecule has 0 spiro atoms. The number of rotatable bonds is 4. The molecule has 0 amide bonds. The predicted octanol–water partition coefficient (Wildman–Crippen LogP) is 0.444. The molecule has 1 unspecified atom stereocenters. The van der Waals surface area contributed by atoms with Gasteiger partial charge in [-0.05, 0) is 25.7 Å². The van der Waals surface area contributed by atoms with Crippen molar-refractivity contribution < 1.29 is 4.74 Å². The maximum Gasteiger partial charge on any atom is 0.0670 e. The summed E-state index contributed by atoms with van der Waals surface area (Å²) in [5.74, 6) is 0.821. The van der Waals surface area contributed by atoms with Crippen molar-refractivity contribution in [3.05, 3.63) is 0 Å². The standard InChI is InChI=1S/C10H20N2O/c1-8(13-2)5-12-6-10(11,7-12)9-3-4-9/h8-9H,3-7,11H2,1-2H3. The lowest BCUT2D eigenvalue weighted by Gasteiger charge is -2.49. The first kappa shape index (κ1) is 9.44. The van der Waals surface area contributed by atoms with Gasteiger partial charge in [0.1, 0.15) is 0 Å². The van der Waals surface area contributed by atoms with Gasteiger partial charge in [-0.3, -0.25) is 4.90 Å². The lowest BCUT2D eigenvalue weighted by molar-refractivity contribution is 0.00328. The second-order valence-corrected chi connectivity index (χ2v) is 4.72. The highest BCUT2D eigenvalue weighted by Crippen LogP contribution is 2.42. The Kier molecular flexibility index (Phi) is 2.34. The minimum atomic E-state index is 0.160. The molecule has 3 heteroatoms. The summed E-state index contributed by atoms with van der Waals surface area (Å²) in [5.41, 5.74) is 6.39. The van der Waals surface area contributed by atoms with Gasteiger partial charge in [-0.25, -0.2) is 0 Å². The Morgan fingerprint density at radius 3 is 2.62 bits per heavy atom. The van der Waals surface area contributed by atoms with Crippen molar-refractivity contribution in [2.24, 2.45) is 11.7 Å². The van der Waals surface area contributed by atoms with E-state index in [1.165, 1.54) is 12.8 Å². The summed E-state index contributed by atoms with van der Waals surface area (Å²) in [6.45, 7) is 5.28. The van der Waals surface area contributed by atoms with Crippen LogP contribution in [-0.2, 0) is 4.74 Å². The van der Waals surface area contributed by atoms with Gasteiger partial charge in [0, 0.05) is 32.3 Å². The molecule has 1 aliphatic carbocycles. The number of ether oxygens (including phenoxy) is 1. The van der Waals surface area contributed by atoms with Crippen LogP contribution in [0.1, 0.15) is 19.8 Å². The molecule has 2 aliphatic rings. The van der Waals surface area contributed by atoms with Crippen molar-refractivity contribution in [1.29, 1.82) is 0 Å². The maximum atomic E-state index is 6.23. The fraction of sp³-hybridized carbons (Fsp3) is 1.00. The number of likely N-dealkylation sites (tertiary alicyclic amines) is 1. The number of nitrogens with zero attached hydrogens (tertiary/aromatic N) is 1. The molecular weight excluding hydrogens is 164 g/mol. The van der Waals surface area contributed by atoms with Crippen LogP contribution in [0.2, 0.25) is 0 Å². The third kappa shape index (κ3) is 1.87. The van der Waals surface area contributed by atoms with Crippen molar-refractivity contribution >= 4 is 0 Å². The molecule has 2 rings (SSSR count). The van der Waals surface area contributed by atoms with Gasteiger partial charge in [0.25, 0.3) is 0 Å². The summed E-state index contributed by atoms with van der Waals surface area (Å²) >= 11 is 0. The highest BCUT2D eigenvalue weighted by atomic mass is 16.5. The molecular formula is C10H20N2O. The molecule has 1 atom stereocenters. The first-order valence-electron chi connectivity index (χ1n) is 5.18. The van der Waals surface area contributed by atoms with E-state index in [2.05, 4.69) is 11.8 Å². The van der Waals surface area contributed by atoms with Crippen molar-refractivity contribution in [2.45, 2.75) is 31.4 Å². The molecule has 1 saturated carbocycles. The summed E-state index contributed by atoms with van der Waals surface area (Å²) < 4.78 is 5.22. The van der Waals surface area contributed by atoms with E-state index in [0.29, 0.717) is 6.10 Å². The monoisotopic (exact) mass is 184 g/mol. The average Bonchev–Trinajstić information content (AvgIpc) is 2.83. The fourth-order valence-electron chi connectivity index (χ4n) is 2.27. The van der Waals surface area contributed by atoms with Crippen LogP contribution in [0.15, 0.2) is 0 Å². The number of methoxy groups -OCH3 is 1. The third-order valence-electron chi connectivity index (χ3n) is 3.34. The Morgan fingerprint density at radius 2 is 2.15 bits per heavy atom. The molecule has 1 aliphatic heterocycles. The normalized spacial score (nSPS) is 29.8. The van der Waals surface area contributed by atoms with Gasteiger partial charge in [0.2, 0.25) is 0 Å². The van der Waals surface area contributed by atoms with Crippen LogP contribution < -0.4 is 5.73 Å². The van der Waals surface area contributed by atoms with E-state index in [1.54, 1.807) is 7.11 Å². The van der Waals surface area contributed by atoms with Crippen LogP contribution in [0.3, 0.4) is 0 Å². The van der Waals surface area contributed by atoms with E-state index in [4.69, 9.17) is 10.5 Å². The second-order valence-electron chi connectivity index (χ2n) is 4.72. The minimum Gasteiger partial charge on any atom is -0.380 e. The maximum absolute atomic E-state index is 6.23. The Hall–Kier alpha value is -0.120. The summed E-state index contributed by atoms with van der Waals surface area (Å²) in [4.78, 5) is 2.40. The van der Waals surface area contributed by atoms with E-state index < -0.39 is 0 Å². The van der Waals surface area contributed by atoms with E-state index in [9.17, 15) is 0 Å². The number of nitrogens with two attached hydrogens (primary N) is 1. The zero-order chi connectivity index (χ0) is 9.47. The first-order valence-corrected chi connectivity index (χ1v) is 5.18. The van der Waals surface area contributed by atoms with Crippen molar-refractivity contribution in [3.8, 4) is 0 Å². The molecule has 1 heterocycles. The van der Waals surface area contributed by atoms with Crippen LogP contribution in [0.5, 0.6) is 0 Å². The smallest absolute Gasteiger partial charge is 0.0670 e. The molecule has 76 valence electrons. The molecule has 0 aromatic heterocycles. The third-order valence-corrected chi connectivity index (χ3v) is 3.34. The molecule has 2 N–H and O–H groups in total. The molecule has 3 nitrogen and oxygen atoms in total. The molecule has 2 fully saturated rings. The highest BCUT2D eigenvalue weighted by Gasteiger charge is 2.50. The average molecular weight is 184 g/mol. The van der Waals surface area contributed by atoms with Crippen molar-refractivity contribution in [3.63, 3.8) is 0 Å². The van der Waals surface area contributed by atoms with Gasteiger partial charge in [-0.1, -0.05) is 0 Å².